The van der Waals surface area contributed by atoms with Crippen molar-refractivity contribution in [2.75, 3.05) is 26.2 Å². The van der Waals surface area contributed by atoms with Crippen molar-refractivity contribution in [3.8, 4) is 0 Å². The molecule has 2 saturated heterocycles. The molecule has 1 spiro atoms. The number of amides is 1. The molecule has 1 amide bonds. The molecule has 0 unspecified atom stereocenters. The fraction of sp³-hybridized carbons (Fsp3) is 0.682. The second-order valence-electron chi connectivity index (χ2n) is 8.73. The molecule has 3 nitrogen and oxygen atoms in total. The van der Waals surface area contributed by atoms with Crippen LogP contribution in [0.4, 0.5) is 0 Å². The molecule has 3 fully saturated rings. The molecule has 26 heavy (non-hydrogen) atoms. The second-order valence-corrected chi connectivity index (χ2v) is 8.73. The van der Waals surface area contributed by atoms with Gasteiger partial charge in [0, 0.05) is 19.6 Å². The number of nitrogens with one attached hydrogen (secondary N) is 1. The lowest BCUT2D eigenvalue weighted by Gasteiger charge is -2.45. The molecular weight excluding hydrogens is 344 g/mol. The largest absolute Gasteiger partial charge is 0.342 e. The van der Waals surface area contributed by atoms with E-state index < -0.39 is 0 Å². The van der Waals surface area contributed by atoms with Gasteiger partial charge in [0.05, 0.1) is 5.41 Å². The predicted octanol–water partition coefficient (Wildman–Crippen LogP) is 4.22. The summed E-state index contributed by atoms with van der Waals surface area (Å²) >= 11 is 0. The van der Waals surface area contributed by atoms with Crippen LogP contribution in [0.15, 0.2) is 24.3 Å². The number of nitrogens with zero attached hydrogens (tertiary/aromatic N) is 1. The van der Waals surface area contributed by atoms with Crippen molar-refractivity contribution in [2.45, 2.75) is 63.7 Å². The average Bonchev–Trinajstić information content (AvgIpc) is 3.10. The Kier molecular flexibility index (Phi) is 5.98. The van der Waals surface area contributed by atoms with Crippen molar-refractivity contribution >= 4 is 18.3 Å². The van der Waals surface area contributed by atoms with Crippen LogP contribution in [0.1, 0.15) is 62.5 Å². The molecule has 1 N–H and O–H groups in total. The highest BCUT2D eigenvalue weighted by atomic mass is 35.5. The third-order valence-corrected chi connectivity index (χ3v) is 7.13. The number of aryl methyl sites for hydroxylation is 1. The lowest BCUT2D eigenvalue weighted by Crippen LogP contribution is -2.52. The van der Waals surface area contributed by atoms with E-state index in [1.165, 1.54) is 49.7 Å². The maximum atomic E-state index is 13.7. The van der Waals surface area contributed by atoms with Crippen LogP contribution in [0.5, 0.6) is 0 Å². The van der Waals surface area contributed by atoms with E-state index in [1.54, 1.807) is 0 Å². The van der Waals surface area contributed by atoms with Gasteiger partial charge in [0.25, 0.3) is 0 Å². The van der Waals surface area contributed by atoms with Gasteiger partial charge < -0.3 is 10.2 Å². The smallest absolute Gasteiger partial charge is 0.233 e. The van der Waals surface area contributed by atoms with Gasteiger partial charge in [-0.25, -0.2) is 0 Å². The Hall–Kier alpha value is -1.06. The average molecular weight is 377 g/mol. The molecule has 2 heterocycles. The topological polar surface area (TPSA) is 32.3 Å². The molecule has 1 saturated carbocycles. The van der Waals surface area contributed by atoms with E-state index in [4.69, 9.17) is 0 Å². The molecule has 0 aromatic heterocycles. The number of likely N-dealkylation sites (tertiary alicyclic amines) is 1. The summed E-state index contributed by atoms with van der Waals surface area (Å²) in [5.74, 6) is 0.415. The zero-order valence-corrected chi connectivity index (χ0v) is 16.9. The van der Waals surface area contributed by atoms with Gasteiger partial charge >= 0.3 is 0 Å². The van der Waals surface area contributed by atoms with Gasteiger partial charge in [0.2, 0.25) is 5.91 Å². The number of benzene rings is 1. The Morgan fingerprint density at radius 2 is 1.77 bits per heavy atom. The van der Waals surface area contributed by atoms with Crippen molar-refractivity contribution < 1.29 is 4.79 Å². The SMILES string of the molecule is Cc1cccc(C2(C(=O)N3CCC4(CCNC4)CC3)CCCCC2)c1.Cl. The minimum Gasteiger partial charge on any atom is -0.342 e. The minimum absolute atomic E-state index is 0. The summed E-state index contributed by atoms with van der Waals surface area (Å²) in [6.45, 7) is 6.35. The summed E-state index contributed by atoms with van der Waals surface area (Å²) in [5, 5.41) is 3.53. The van der Waals surface area contributed by atoms with Crippen LogP contribution in [0.25, 0.3) is 0 Å². The van der Waals surface area contributed by atoms with E-state index in [0.29, 0.717) is 11.3 Å². The summed E-state index contributed by atoms with van der Waals surface area (Å²) in [6, 6.07) is 8.73. The quantitative estimate of drug-likeness (QED) is 0.838. The van der Waals surface area contributed by atoms with Gasteiger partial charge in [0.15, 0.2) is 0 Å². The van der Waals surface area contributed by atoms with Gasteiger partial charge in [-0.3, -0.25) is 4.79 Å². The summed E-state index contributed by atoms with van der Waals surface area (Å²) in [6.07, 6.45) is 9.33. The first kappa shape index (κ1) is 19.7. The van der Waals surface area contributed by atoms with Crippen LogP contribution in [0, 0.1) is 12.3 Å². The Morgan fingerprint density at radius 1 is 1.04 bits per heavy atom. The van der Waals surface area contributed by atoms with Gasteiger partial charge in [0.1, 0.15) is 0 Å². The van der Waals surface area contributed by atoms with E-state index in [2.05, 4.69) is 41.4 Å². The normalized spacial score (nSPS) is 24.3. The number of hydrogen-bond acceptors (Lipinski definition) is 2. The monoisotopic (exact) mass is 376 g/mol. The molecule has 1 aromatic rings. The zero-order valence-electron chi connectivity index (χ0n) is 16.1. The van der Waals surface area contributed by atoms with Crippen molar-refractivity contribution in [1.82, 2.24) is 10.2 Å². The lowest BCUT2D eigenvalue weighted by molar-refractivity contribution is -0.141. The number of carbonyl (C=O) groups is 1. The maximum absolute atomic E-state index is 13.7. The molecular formula is C22H33ClN2O. The van der Waals surface area contributed by atoms with Crippen molar-refractivity contribution in [2.24, 2.45) is 5.41 Å². The number of piperidine rings is 1. The first-order valence-electron chi connectivity index (χ1n) is 10.2. The summed E-state index contributed by atoms with van der Waals surface area (Å²) in [5.41, 5.74) is 2.74. The number of hydrogen-bond donors (Lipinski definition) is 1. The van der Waals surface area contributed by atoms with Gasteiger partial charge in [-0.2, -0.15) is 0 Å². The van der Waals surface area contributed by atoms with Crippen LogP contribution >= 0.6 is 12.4 Å². The fourth-order valence-electron chi connectivity index (χ4n) is 5.43. The summed E-state index contributed by atoms with van der Waals surface area (Å²) in [4.78, 5) is 15.9. The molecule has 1 aliphatic carbocycles. The van der Waals surface area contributed by atoms with Crippen molar-refractivity contribution in [3.05, 3.63) is 35.4 Å². The van der Waals surface area contributed by atoms with Crippen LogP contribution in [0.2, 0.25) is 0 Å². The van der Waals surface area contributed by atoms with E-state index in [-0.39, 0.29) is 17.8 Å². The van der Waals surface area contributed by atoms with Crippen molar-refractivity contribution in [1.29, 1.82) is 0 Å². The van der Waals surface area contributed by atoms with E-state index in [0.717, 1.165) is 39.0 Å². The second kappa shape index (κ2) is 7.90. The number of halogens is 1. The lowest BCUT2D eigenvalue weighted by atomic mass is 9.67. The van der Waals surface area contributed by atoms with Gasteiger partial charge in [-0.1, -0.05) is 49.1 Å². The molecule has 3 aliphatic rings. The van der Waals surface area contributed by atoms with E-state index in [9.17, 15) is 4.79 Å². The Balaban J connectivity index is 0.00000196. The minimum atomic E-state index is -0.261. The third-order valence-electron chi connectivity index (χ3n) is 7.13. The van der Waals surface area contributed by atoms with Crippen LogP contribution < -0.4 is 5.32 Å². The maximum Gasteiger partial charge on any atom is 0.233 e. The molecule has 2 aliphatic heterocycles. The van der Waals surface area contributed by atoms with E-state index in [1.807, 2.05) is 0 Å². The number of rotatable bonds is 2. The zero-order chi connectivity index (χ0) is 17.3. The molecule has 4 heteroatoms. The van der Waals surface area contributed by atoms with Gasteiger partial charge in [-0.05, 0) is 56.6 Å². The van der Waals surface area contributed by atoms with Crippen molar-refractivity contribution in [3.63, 3.8) is 0 Å². The van der Waals surface area contributed by atoms with Crippen LogP contribution in [-0.2, 0) is 10.2 Å². The highest BCUT2D eigenvalue weighted by Crippen LogP contribution is 2.43. The molecule has 0 atom stereocenters. The summed E-state index contributed by atoms with van der Waals surface area (Å²) in [7, 11) is 0. The molecule has 144 valence electrons. The first-order valence-corrected chi connectivity index (χ1v) is 10.2. The number of carbonyl (C=O) groups excluding carboxylic acids is 1. The Morgan fingerprint density at radius 3 is 2.38 bits per heavy atom. The van der Waals surface area contributed by atoms with Crippen LogP contribution in [-0.4, -0.2) is 37.0 Å². The molecule has 0 radical (unpaired) electrons. The molecule has 4 rings (SSSR count). The standard InChI is InChI=1S/C22H32N2O.ClH/c1-18-6-5-7-19(16-18)22(8-3-2-4-9-22)20(25)24-14-11-21(12-15-24)10-13-23-17-21;/h5-7,16,23H,2-4,8-15,17H2,1H3;1H. The Bertz CT molecular complexity index is 623. The van der Waals surface area contributed by atoms with Gasteiger partial charge in [-0.15, -0.1) is 12.4 Å². The Labute approximate surface area is 164 Å². The highest BCUT2D eigenvalue weighted by Gasteiger charge is 2.46. The predicted molar refractivity (Wildman–Crippen MR) is 109 cm³/mol. The molecule has 0 bridgehead atoms. The molecule has 1 aromatic carbocycles. The summed E-state index contributed by atoms with van der Waals surface area (Å²) < 4.78 is 0. The fourth-order valence-corrected chi connectivity index (χ4v) is 5.43. The van der Waals surface area contributed by atoms with E-state index >= 15 is 0 Å². The highest BCUT2D eigenvalue weighted by molar-refractivity contribution is 5.88. The van der Waals surface area contributed by atoms with Crippen LogP contribution in [0.3, 0.4) is 0 Å². The third kappa shape index (κ3) is 3.53. The first-order chi connectivity index (χ1) is 12.1.